The second-order valence-corrected chi connectivity index (χ2v) is 6.40. The highest BCUT2D eigenvalue weighted by atomic mass is 35.5. The van der Waals surface area contributed by atoms with Gasteiger partial charge in [0.05, 0.1) is 16.8 Å². The van der Waals surface area contributed by atoms with Gasteiger partial charge in [0.15, 0.2) is 0 Å². The SMILES string of the molecule is CC(C)CN1CCC(C#N)(Nc2ccccc2Cl)CC1. The molecule has 1 aromatic rings. The second-order valence-electron chi connectivity index (χ2n) is 5.99. The van der Waals surface area contributed by atoms with Crippen molar-refractivity contribution in [3.63, 3.8) is 0 Å². The smallest absolute Gasteiger partial charge is 0.127 e. The lowest BCUT2D eigenvalue weighted by molar-refractivity contribution is 0.179. The molecule has 0 bridgehead atoms. The van der Waals surface area contributed by atoms with E-state index in [1.807, 2.05) is 24.3 Å². The van der Waals surface area contributed by atoms with Crippen LogP contribution in [0.4, 0.5) is 5.69 Å². The molecule has 108 valence electrons. The lowest BCUT2D eigenvalue weighted by Crippen LogP contribution is -2.49. The zero-order valence-electron chi connectivity index (χ0n) is 12.2. The Hall–Kier alpha value is -1.24. The molecule has 0 spiro atoms. The van der Waals surface area contributed by atoms with E-state index in [-0.39, 0.29) is 0 Å². The molecule has 1 fully saturated rings. The molecule has 1 saturated heterocycles. The average Bonchev–Trinajstić information content (AvgIpc) is 2.43. The Bertz CT molecular complexity index is 485. The average molecular weight is 292 g/mol. The fourth-order valence-corrected chi connectivity index (χ4v) is 2.90. The molecule has 0 aliphatic carbocycles. The van der Waals surface area contributed by atoms with Gasteiger partial charge in [-0.1, -0.05) is 37.6 Å². The van der Waals surface area contributed by atoms with Crippen molar-refractivity contribution < 1.29 is 0 Å². The van der Waals surface area contributed by atoms with E-state index in [1.165, 1.54) is 0 Å². The fourth-order valence-electron chi connectivity index (χ4n) is 2.72. The summed E-state index contributed by atoms with van der Waals surface area (Å²) in [5.41, 5.74) is 0.367. The van der Waals surface area contributed by atoms with Crippen molar-refractivity contribution in [2.45, 2.75) is 32.2 Å². The molecule has 3 nitrogen and oxygen atoms in total. The van der Waals surface area contributed by atoms with Gasteiger partial charge in [-0.05, 0) is 30.9 Å². The fraction of sp³-hybridized carbons (Fsp3) is 0.562. The summed E-state index contributed by atoms with van der Waals surface area (Å²) in [4.78, 5) is 2.44. The van der Waals surface area contributed by atoms with Gasteiger partial charge in [-0.15, -0.1) is 0 Å². The minimum atomic E-state index is -0.488. The number of benzene rings is 1. The van der Waals surface area contributed by atoms with Crippen molar-refractivity contribution in [3.05, 3.63) is 29.3 Å². The van der Waals surface area contributed by atoms with Gasteiger partial charge in [0.2, 0.25) is 0 Å². The van der Waals surface area contributed by atoms with Crippen molar-refractivity contribution in [2.24, 2.45) is 5.92 Å². The van der Waals surface area contributed by atoms with Crippen LogP contribution in [0.2, 0.25) is 5.02 Å². The minimum absolute atomic E-state index is 0.488. The van der Waals surface area contributed by atoms with Crippen LogP contribution in [0.1, 0.15) is 26.7 Å². The molecule has 1 aliphatic heterocycles. The number of anilines is 1. The van der Waals surface area contributed by atoms with Crippen LogP contribution in [0.25, 0.3) is 0 Å². The van der Waals surface area contributed by atoms with E-state index >= 15 is 0 Å². The van der Waals surface area contributed by atoms with Crippen molar-refractivity contribution in [1.29, 1.82) is 5.26 Å². The third kappa shape index (κ3) is 3.65. The number of hydrogen-bond donors (Lipinski definition) is 1. The maximum Gasteiger partial charge on any atom is 0.127 e. The largest absolute Gasteiger partial charge is 0.366 e. The van der Waals surface area contributed by atoms with Crippen molar-refractivity contribution in [3.8, 4) is 6.07 Å². The maximum atomic E-state index is 9.59. The molecule has 0 radical (unpaired) electrons. The first-order valence-corrected chi connectivity index (χ1v) is 7.59. The van der Waals surface area contributed by atoms with Gasteiger partial charge in [-0.25, -0.2) is 0 Å². The monoisotopic (exact) mass is 291 g/mol. The van der Waals surface area contributed by atoms with E-state index in [2.05, 4.69) is 30.1 Å². The lowest BCUT2D eigenvalue weighted by atomic mass is 9.88. The van der Waals surface area contributed by atoms with Crippen LogP contribution in [0.3, 0.4) is 0 Å². The predicted molar refractivity (Wildman–Crippen MR) is 83.9 cm³/mol. The van der Waals surface area contributed by atoms with Gasteiger partial charge < -0.3 is 10.2 Å². The summed E-state index contributed by atoms with van der Waals surface area (Å²) in [5.74, 6) is 0.668. The first kappa shape index (κ1) is 15.2. The van der Waals surface area contributed by atoms with Gasteiger partial charge >= 0.3 is 0 Å². The highest BCUT2D eigenvalue weighted by molar-refractivity contribution is 6.33. The maximum absolute atomic E-state index is 9.59. The molecule has 1 N–H and O–H groups in total. The molecule has 2 rings (SSSR count). The van der Waals surface area contributed by atoms with Crippen LogP contribution in [-0.2, 0) is 0 Å². The summed E-state index contributed by atoms with van der Waals surface area (Å²) in [6, 6.07) is 10.1. The lowest BCUT2D eigenvalue weighted by Gasteiger charge is -2.39. The molecule has 0 aromatic heterocycles. The van der Waals surface area contributed by atoms with Crippen molar-refractivity contribution in [1.82, 2.24) is 4.90 Å². The molecule has 0 amide bonds. The molecule has 1 aliphatic rings. The summed E-state index contributed by atoms with van der Waals surface area (Å²) >= 11 is 6.18. The Labute approximate surface area is 126 Å². The first-order valence-electron chi connectivity index (χ1n) is 7.21. The summed E-state index contributed by atoms with van der Waals surface area (Å²) < 4.78 is 0. The summed E-state index contributed by atoms with van der Waals surface area (Å²) in [5, 5.41) is 13.6. The van der Waals surface area contributed by atoms with Crippen LogP contribution in [-0.4, -0.2) is 30.1 Å². The zero-order valence-corrected chi connectivity index (χ0v) is 13.0. The van der Waals surface area contributed by atoms with Crippen LogP contribution in [0, 0.1) is 17.2 Å². The number of hydrogen-bond acceptors (Lipinski definition) is 3. The second kappa shape index (κ2) is 6.47. The Morgan fingerprint density at radius 3 is 2.55 bits per heavy atom. The van der Waals surface area contributed by atoms with Gasteiger partial charge in [-0.2, -0.15) is 5.26 Å². The molecule has 0 atom stereocenters. The Morgan fingerprint density at radius 1 is 1.35 bits per heavy atom. The summed E-state index contributed by atoms with van der Waals surface area (Å²) in [6.45, 7) is 7.49. The third-order valence-corrected chi connectivity index (χ3v) is 4.12. The highest BCUT2D eigenvalue weighted by Gasteiger charge is 2.35. The number of halogens is 1. The van der Waals surface area contributed by atoms with E-state index < -0.39 is 5.54 Å². The molecular weight excluding hydrogens is 270 g/mol. The van der Waals surface area contributed by atoms with E-state index in [1.54, 1.807) is 0 Å². The molecule has 20 heavy (non-hydrogen) atoms. The van der Waals surface area contributed by atoms with Crippen LogP contribution in [0.5, 0.6) is 0 Å². The number of nitrogens with zero attached hydrogens (tertiary/aromatic N) is 2. The number of para-hydroxylation sites is 1. The van der Waals surface area contributed by atoms with Gasteiger partial charge in [0.1, 0.15) is 5.54 Å². The predicted octanol–water partition coefficient (Wildman–Crippen LogP) is 3.77. The standard InChI is InChI=1S/C16H22ClN3/c1-13(2)11-20-9-7-16(12-18,8-10-20)19-15-6-4-3-5-14(15)17/h3-6,13,19H,7-11H2,1-2H3. The number of rotatable bonds is 4. The van der Waals surface area contributed by atoms with E-state index in [0.717, 1.165) is 38.2 Å². The van der Waals surface area contributed by atoms with Crippen LogP contribution in [0.15, 0.2) is 24.3 Å². The van der Waals surface area contributed by atoms with Crippen molar-refractivity contribution in [2.75, 3.05) is 25.0 Å². The first-order chi connectivity index (χ1) is 9.54. The zero-order chi connectivity index (χ0) is 14.6. The quantitative estimate of drug-likeness (QED) is 0.918. The molecular formula is C16H22ClN3. The molecule has 1 aromatic carbocycles. The number of nitrogens with one attached hydrogen (secondary N) is 1. The Balaban J connectivity index is 2.03. The third-order valence-electron chi connectivity index (χ3n) is 3.79. The summed E-state index contributed by atoms with van der Waals surface area (Å²) in [7, 11) is 0. The summed E-state index contributed by atoms with van der Waals surface area (Å²) in [6.07, 6.45) is 1.67. The van der Waals surface area contributed by atoms with Gasteiger partial charge in [0, 0.05) is 19.6 Å². The topological polar surface area (TPSA) is 39.1 Å². The number of piperidine rings is 1. The highest BCUT2D eigenvalue weighted by Crippen LogP contribution is 2.30. The van der Waals surface area contributed by atoms with Gasteiger partial charge in [0.25, 0.3) is 0 Å². The molecule has 0 unspecified atom stereocenters. The molecule has 4 heteroatoms. The van der Waals surface area contributed by atoms with Crippen molar-refractivity contribution >= 4 is 17.3 Å². The van der Waals surface area contributed by atoms with E-state index in [0.29, 0.717) is 10.9 Å². The van der Waals surface area contributed by atoms with E-state index in [4.69, 9.17) is 11.6 Å². The number of likely N-dealkylation sites (tertiary alicyclic amines) is 1. The Morgan fingerprint density at radius 2 is 2.00 bits per heavy atom. The molecule has 1 heterocycles. The Kier molecular flexibility index (Phi) is 4.91. The normalized spacial score (nSPS) is 18.8. The number of nitriles is 1. The van der Waals surface area contributed by atoms with E-state index in [9.17, 15) is 5.26 Å². The molecule has 0 saturated carbocycles. The minimum Gasteiger partial charge on any atom is -0.366 e. The van der Waals surface area contributed by atoms with Crippen LogP contribution < -0.4 is 5.32 Å². The van der Waals surface area contributed by atoms with Crippen LogP contribution >= 0.6 is 11.6 Å². The van der Waals surface area contributed by atoms with Gasteiger partial charge in [-0.3, -0.25) is 0 Å².